The van der Waals surface area contributed by atoms with Crippen molar-refractivity contribution in [2.75, 3.05) is 0 Å². The number of carbonyl (C=O) groups is 1. The van der Waals surface area contributed by atoms with Crippen molar-refractivity contribution in [1.82, 2.24) is 0 Å². The van der Waals surface area contributed by atoms with Crippen LogP contribution in [0.3, 0.4) is 0 Å². The summed E-state index contributed by atoms with van der Waals surface area (Å²) < 4.78 is 5.58. The summed E-state index contributed by atoms with van der Waals surface area (Å²) in [5.41, 5.74) is 0.297. The number of rotatable bonds is 5. The molecule has 0 spiro atoms. The third-order valence-corrected chi connectivity index (χ3v) is 3.15. The lowest BCUT2D eigenvalue weighted by Crippen LogP contribution is -2.31. The highest BCUT2D eigenvalue weighted by atomic mass is 16.6. The van der Waals surface area contributed by atoms with Crippen LogP contribution in [-0.2, 0) is 9.53 Å². The van der Waals surface area contributed by atoms with Crippen molar-refractivity contribution in [2.24, 2.45) is 0 Å². The summed E-state index contributed by atoms with van der Waals surface area (Å²) in [6.07, 6.45) is 7.41. The van der Waals surface area contributed by atoms with Crippen LogP contribution in [0.5, 0.6) is 0 Å². The molecule has 0 atom stereocenters. The summed E-state index contributed by atoms with van der Waals surface area (Å²) in [5.74, 6) is -0.251. The van der Waals surface area contributed by atoms with Crippen molar-refractivity contribution < 1.29 is 9.53 Å². The van der Waals surface area contributed by atoms with E-state index >= 15 is 0 Å². The molecule has 1 aliphatic carbocycles. The van der Waals surface area contributed by atoms with Gasteiger partial charge in [-0.1, -0.05) is 19.6 Å². The fourth-order valence-electron chi connectivity index (χ4n) is 2.07. The molecule has 0 aromatic rings. The summed E-state index contributed by atoms with van der Waals surface area (Å²) in [6.45, 7) is 9.37. The zero-order valence-corrected chi connectivity index (χ0v) is 9.55. The van der Waals surface area contributed by atoms with Crippen molar-refractivity contribution in [3.05, 3.63) is 24.8 Å². The van der Waals surface area contributed by atoms with E-state index in [0.29, 0.717) is 12.0 Å². The van der Waals surface area contributed by atoms with E-state index in [1.165, 1.54) is 0 Å². The lowest BCUT2D eigenvalue weighted by molar-refractivity contribution is -0.154. The van der Waals surface area contributed by atoms with Gasteiger partial charge in [0.15, 0.2) is 0 Å². The van der Waals surface area contributed by atoms with Crippen LogP contribution >= 0.6 is 0 Å². The maximum Gasteiger partial charge on any atom is 0.334 e. The van der Waals surface area contributed by atoms with E-state index in [9.17, 15) is 4.79 Å². The molecule has 0 amide bonds. The minimum atomic E-state index is -0.251. The van der Waals surface area contributed by atoms with Crippen LogP contribution in [-0.4, -0.2) is 11.6 Å². The number of esters is 1. The smallest absolute Gasteiger partial charge is 0.334 e. The molecule has 1 fully saturated rings. The highest BCUT2D eigenvalue weighted by molar-refractivity contribution is 5.88. The summed E-state index contributed by atoms with van der Waals surface area (Å²) in [6, 6.07) is 0. The predicted octanol–water partition coefficient (Wildman–Crippen LogP) is 3.38. The van der Waals surface area contributed by atoms with Gasteiger partial charge in [-0.3, -0.25) is 0 Å². The molecular formula is C13H20O2. The summed E-state index contributed by atoms with van der Waals surface area (Å²) in [7, 11) is 0. The highest BCUT2D eigenvalue weighted by Gasteiger charge is 2.36. The Labute approximate surface area is 92.0 Å². The second-order valence-electron chi connectivity index (χ2n) is 4.23. The van der Waals surface area contributed by atoms with E-state index in [1.807, 2.05) is 0 Å². The van der Waals surface area contributed by atoms with Crippen LogP contribution in [0, 0.1) is 0 Å². The van der Waals surface area contributed by atoms with Crippen molar-refractivity contribution >= 4 is 5.97 Å². The third kappa shape index (κ3) is 2.95. The van der Waals surface area contributed by atoms with Crippen molar-refractivity contribution in [3.63, 3.8) is 0 Å². The molecule has 2 nitrogen and oxygen atoms in total. The minimum absolute atomic E-state index is 0.207. The molecule has 0 aliphatic heterocycles. The van der Waals surface area contributed by atoms with Gasteiger partial charge in [0, 0.05) is 5.57 Å². The number of allylic oxidation sites excluding steroid dienone is 1. The second kappa shape index (κ2) is 5.15. The van der Waals surface area contributed by atoms with Gasteiger partial charge in [0.2, 0.25) is 0 Å². The number of ether oxygens (including phenoxy) is 1. The van der Waals surface area contributed by atoms with Crippen molar-refractivity contribution in [1.29, 1.82) is 0 Å². The van der Waals surface area contributed by atoms with Gasteiger partial charge in [-0.2, -0.15) is 0 Å². The Kier molecular flexibility index (Phi) is 4.13. The average molecular weight is 208 g/mol. The monoisotopic (exact) mass is 208 g/mol. The van der Waals surface area contributed by atoms with E-state index in [-0.39, 0.29) is 11.6 Å². The fourth-order valence-corrected chi connectivity index (χ4v) is 2.07. The number of hydrogen-bond donors (Lipinski definition) is 0. The first-order valence-electron chi connectivity index (χ1n) is 5.65. The van der Waals surface area contributed by atoms with E-state index < -0.39 is 0 Å². The zero-order chi connectivity index (χ0) is 11.3. The first kappa shape index (κ1) is 12.0. The van der Waals surface area contributed by atoms with Gasteiger partial charge < -0.3 is 4.74 Å². The van der Waals surface area contributed by atoms with Gasteiger partial charge >= 0.3 is 5.97 Å². The predicted molar refractivity (Wildman–Crippen MR) is 61.5 cm³/mol. The Bertz CT molecular complexity index is 260. The molecule has 0 radical (unpaired) electrons. The van der Waals surface area contributed by atoms with Gasteiger partial charge in [0.1, 0.15) is 5.60 Å². The number of hydrogen-bond acceptors (Lipinski definition) is 2. The Hall–Kier alpha value is -1.05. The summed E-state index contributed by atoms with van der Waals surface area (Å²) in [5, 5.41) is 0. The molecule has 0 saturated heterocycles. The summed E-state index contributed by atoms with van der Waals surface area (Å²) in [4.78, 5) is 11.7. The molecule has 0 heterocycles. The average Bonchev–Trinajstić information content (AvgIpc) is 2.67. The first-order valence-corrected chi connectivity index (χ1v) is 5.65. The lowest BCUT2D eigenvalue weighted by Gasteiger charge is -2.27. The molecule has 84 valence electrons. The normalized spacial score (nSPS) is 18.5. The lowest BCUT2D eigenvalue weighted by atomic mass is 9.98. The van der Waals surface area contributed by atoms with Crippen LogP contribution in [0.4, 0.5) is 0 Å². The molecular weight excluding hydrogens is 188 g/mol. The molecule has 1 rings (SSSR count). The van der Waals surface area contributed by atoms with Crippen LogP contribution < -0.4 is 0 Å². The molecule has 1 aliphatic rings. The van der Waals surface area contributed by atoms with E-state index in [1.54, 1.807) is 6.08 Å². The van der Waals surface area contributed by atoms with Gasteiger partial charge in [0.05, 0.1) is 0 Å². The van der Waals surface area contributed by atoms with Crippen LogP contribution in [0.15, 0.2) is 24.8 Å². The molecule has 1 saturated carbocycles. The molecule has 0 N–H and O–H groups in total. The van der Waals surface area contributed by atoms with E-state index in [4.69, 9.17) is 4.74 Å². The van der Waals surface area contributed by atoms with Gasteiger partial charge in [-0.05, 0) is 38.5 Å². The van der Waals surface area contributed by atoms with Crippen LogP contribution in [0.1, 0.15) is 45.4 Å². The topological polar surface area (TPSA) is 26.3 Å². The largest absolute Gasteiger partial charge is 0.456 e. The van der Waals surface area contributed by atoms with Gasteiger partial charge in [-0.15, -0.1) is 6.58 Å². The van der Waals surface area contributed by atoms with Gasteiger partial charge in [0.25, 0.3) is 0 Å². The number of carbonyl (C=O) groups excluding carboxylic acids is 1. The molecule has 0 aromatic heterocycles. The third-order valence-electron chi connectivity index (χ3n) is 3.15. The highest BCUT2D eigenvalue weighted by Crippen LogP contribution is 2.36. The Balaban J connectivity index is 2.55. The second-order valence-corrected chi connectivity index (χ2v) is 4.23. The minimum Gasteiger partial charge on any atom is -0.456 e. The standard InChI is InChI=1S/C13H20O2/c1-4-8-11(3)12(14)15-13(5-2)9-6-7-10-13/h4H,1,3,5-10H2,2H3. The van der Waals surface area contributed by atoms with Crippen LogP contribution in [0.25, 0.3) is 0 Å². The summed E-state index contributed by atoms with van der Waals surface area (Å²) >= 11 is 0. The fraction of sp³-hybridized carbons (Fsp3) is 0.615. The molecule has 0 bridgehead atoms. The quantitative estimate of drug-likeness (QED) is 0.393. The van der Waals surface area contributed by atoms with Crippen molar-refractivity contribution in [3.8, 4) is 0 Å². The maximum atomic E-state index is 11.7. The van der Waals surface area contributed by atoms with Crippen molar-refractivity contribution in [2.45, 2.75) is 51.0 Å². The Morgan fingerprint density at radius 3 is 2.53 bits per heavy atom. The SMILES string of the molecule is C=CCC(=C)C(=O)OC1(CC)CCCC1. The van der Waals surface area contributed by atoms with Gasteiger partial charge in [-0.25, -0.2) is 4.79 Å². The molecule has 0 aromatic carbocycles. The zero-order valence-electron chi connectivity index (χ0n) is 9.55. The van der Waals surface area contributed by atoms with E-state index in [0.717, 1.165) is 32.1 Å². The molecule has 0 unspecified atom stereocenters. The van der Waals surface area contributed by atoms with Crippen LogP contribution in [0.2, 0.25) is 0 Å². The maximum absolute atomic E-state index is 11.7. The molecule has 15 heavy (non-hydrogen) atoms. The Morgan fingerprint density at radius 2 is 2.07 bits per heavy atom. The molecule has 2 heteroatoms. The Morgan fingerprint density at radius 1 is 1.47 bits per heavy atom. The first-order chi connectivity index (χ1) is 7.13. The van der Waals surface area contributed by atoms with E-state index in [2.05, 4.69) is 20.1 Å².